The standard InChI is InChI=1S/C11H11BrFNS2/c1-7-5-15-11(14-7)16-6-8-4-9(13)2-3-10(8)12/h2-4,7H,5-6H2,1H3/t7-/m1/s1. The summed E-state index contributed by atoms with van der Waals surface area (Å²) in [6.07, 6.45) is 0. The van der Waals surface area contributed by atoms with Crippen LogP contribution in [0, 0.1) is 5.82 Å². The second-order valence-electron chi connectivity index (χ2n) is 3.58. The van der Waals surface area contributed by atoms with E-state index in [1.165, 1.54) is 6.07 Å². The Bertz CT molecular complexity index is 422. The highest BCUT2D eigenvalue weighted by Gasteiger charge is 2.14. The average molecular weight is 320 g/mol. The lowest BCUT2D eigenvalue weighted by molar-refractivity contribution is 0.626. The zero-order valence-corrected chi connectivity index (χ0v) is 12.0. The molecule has 0 amide bonds. The molecule has 1 atom stereocenters. The number of hydrogen-bond donors (Lipinski definition) is 0. The monoisotopic (exact) mass is 319 g/mol. The normalized spacial score (nSPS) is 19.9. The second-order valence-corrected chi connectivity index (χ2v) is 6.66. The highest BCUT2D eigenvalue weighted by Crippen LogP contribution is 2.30. The molecule has 0 bridgehead atoms. The molecule has 5 heteroatoms. The number of rotatable bonds is 2. The first-order chi connectivity index (χ1) is 7.65. The molecule has 0 fully saturated rings. The van der Waals surface area contributed by atoms with Crippen molar-refractivity contribution in [2.75, 3.05) is 5.75 Å². The van der Waals surface area contributed by atoms with Crippen LogP contribution in [0.15, 0.2) is 27.7 Å². The number of halogens is 2. The van der Waals surface area contributed by atoms with Gasteiger partial charge in [0, 0.05) is 16.0 Å². The van der Waals surface area contributed by atoms with Crippen molar-refractivity contribution in [3.05, 3.63) is 34.1 Å². The van der Waals surface area contributed by atoms with Gasteiger partial charge in [-0.25, -0.2) is 4.39 Å². The van der Waals surface area contributed by atoms with Crippen LogP contribution in [0.2, 0.25) is 0 Å². The van der Waals surface area contributed by atoms with Gasteiger partial charge in [-0.15, -0.1) is 0 Å². The SMILES string of the molecule is C[C@@H]1CSC(SCc2cc(F)ccc2Br)=N1. The molecule has 0 saturated carbocycles. The number of nitrogens with zero attached hydrogens (tertiary/aromatic N) is 1. The van der Waals surface area contributed by atoms with Crippen molar-refractivity contribution < 1.29 is 4.39 Å². The third kappa shape index (κ3) is 3.25. The predicted octanol–water partition coefficient (Wildman–Crippen LogP) is 4.31. The maximum Gasteiger partial charge on any atom is 0.125 e. The predicted molar refractivity (Wildman–Crippen MR) is 74.8 cm³/mol. The second kappa shape index (κ2) is 5.56. The first-order valence-electron chi connectivity index (χ1n) is 4.92. The van der Waals surface area contributed by atoms with Crippen LogP contribution >= 0.6 is 39.5 Å². The van der Waals surface area contributed by atoms with E-state index in [4.69, 9.17) is 0 Å². The molecule has 0 saturated heterocycles. The van der Waals surface area contributed by atoms with E-state index in [2.05, 4.69) is 27.8 Å². The van der Waals surface area contributed by atoms with Gasteiger partial charge in [0.25, 0.3) is 0 Å². The molecule has 0 N–H and O–H groups in total. The maximum atomic E-state index is 13.0. The summed E-state index contributed by atoms with van der Waals surface area (Å²) in [7, 11) is 0. The fraction of sp³-hybridized carbons (Fsp3) is 0.364. The molecule has 0 aliphatic carbocycles. The van der Waals surface area contributed by atoms with Gasteiger partial charge >= 0.3 is 0 Å². The summed E-state index contributed by atoms with van der Waals surface area (Å²) < 4.78 is 15.1. The summed E-state index contributed by atoms with van der Waals surface area (Å²) in [5.74, 6) is 1.64. The van der Waals surface area contributed by atoms with Crippen LogP contribution in [-0.4, -0.2) is 16.2 Å². The van der Waals surface area contributed by atoms with E-state index >= 15 is 0 Å². The van der Waals surface area contributed by atoms with Gasteiger partial charge in [-0.3, -0.25) is 4.99 Å². The maximum absolute atomic E-state index is 13.0. The minimum Gasteiger partial charge on any atom is -0.268 e. The third-order valence-corrected chi connectivity index (χ3v) is 5.42. The Hall–Kier alpha value is -0.000000000000000111. The van der Waals surface area contributed by atoms with E-state index in [-0.39, 0.29) is 5.82 Å². The van der Waals surface area contributed by atoms with Gasteiger partial charge in [-0.2, -0.15) is 0 Å². The fourth-order valence-corrected chi connectivity index (χ4v) is 4.09. The summed E-state index contributed by atoms with van der Waals surface area (Å²) in [6, 6.07) is 5.20. The molecule has 1 aromatic rings. The van der Waals surface area contributed by atoms with Gasteiger partial charge in [0.2, 0.25) is 0 Å². The molecule has 1 nitrogen and oxygen atoms in total. The largest absolute Gasteiger partial charge is 0.268 e. The molecule has 0 unspecified atom stereocenters. The van der Waals surface area contributed by atoms with E-state index in [1.54, 1.807) is 35.7 Å². The van der Waals surface area contributed by atoms with Crippen LogP contribution in [0.5, 0.6) is 0 Å². The molecule has 16 heavy (non-hydrogen) atoms. The minimum absolute atomic E-state index is 0.187. The van der Waals surface area contributed by atoms with Crippen molar-refractivity contribution in [1.82, 2.24) is 0 Å². The van der Waals surface area contributed by atoms with Gasteiger partial charge in [0.05, 0.1) is 6.04 Å². The Morgan fingerprint density at radius 1 is 1.62 bits per heavy atom. The Morgan fingerprint density at radius 2 is 2.44 bits per heavy atom. The van der Waals surface area contributed by atoms with Gasteiger partial charge in [0.15, 0.2) is 0 Å². The van der Waals surface area contributed by atoms with Gasteiger partial charge in [-0.05, 0) is 30.7 Å². The van der Waals surface area contributed by atoms with Gasteiger partial charge < -0.3 is 0 Å². The zero-order valence-electron chi connectivity index (χ0n) is 8.74. The van der Waals surface area contributed by atoms with Crippen molar-refractivity contribution in [2.24, 2.45) is 4.99 Å². The van der Waals surface area contributed by atoms with Crippen molar-refractivity contribution in [2.45, 2.75) is 18.7 Å². The summed E-state index contributed by atoms with van der Waals surface area (Å²) in [5, 5.41) is 0. The molecule has 0 spiro atoms. The smallest absolute Gasteiger partial charge is 0.125 e. The van der Waals surface area contributed by atoms with Crippen LogP contribution in [-0.2, 0) is 5.75 Å². The molecule has 1 heterocycles. The molecule has 1 aliphatic rings. The van der Waals surface area contributed by atoms with E-state index in [9.17, 15) is 4.39 Å². The molecule has 1 aliphatic heterocycles. The number of hydrogen-bond acceptors (Lipinski definition) is 3. The lowest BCUT2D eigenvalue weighted by Crippen LogP contribution is -1.92. The molecule has 1 aromatic carbocycles. The Labute approximate surface area is 111 Å². The van der Waals surface area contributed by atoms with Crippen molar-refractivity contribution in [3.8, 4) is 0 Å². The molecular weight excluding hydrogens is 309 g/mol. The third-order valence-electron chi connectivity index (χ3n) is 2.13. The molecular formula is C11H11BrFNS2. The quantitative estimate of drug-likeness (QED) is 0.805. The minimum atomic E-state index is -0.187. The van der Waals surface area contributed by atoms with E-state index in [1.807, 2.05) is 0 Å². The number of benzene rings is 1. The van der Waals surface area contributed by atoms with E-state index in [0.29, 0.717) is 6.04 Å². The topological polar surface area (TPSA) is 12.4 Å². The fourth-order valence-electron chi connectivity index (χ4n) is 1.32. The van der Waals surface area contributed by atoms with Gasteiger partial charge in [0.1, 0.15) is 10.2 Å². The lowest BCUT2D eigenvalue weighted by Gasteiger charge is -2.03. The summed E-state index contributed by atoms with van der Waals surface area (Å²) in [6.45, 7) is 2.11. The van der Waals surface area contributed by atoms with E-state index in [0.717, 1.165) is 25.9 Å². The zero-order chi connectivity index (χ0) is 11.5. The van der Waals surface area contributed by atoms with Crippen molar-refractivity contribution >= 4 is 43.8 Å². The van der Waals surface area contributed by atoms with Crippen LogP contribution in [0.25, 0.3) is 0 Å². The molecule has 0 radical (unpaired) electrons. The molecule has 0 aromatic heterocycles. The summed E-state index contributed by atoms with van der Waals surface area (Å²) in [5.41, 5.74) is 0.979. The van der Waals surface area contributed by atoms with Crippen LogP contribution in [0.3, 0.4) is 0 Å². The Morgan fingerprint density at radius 3 is 3.12 bits per heavy atom. The Kier molecular flexibility index (Phi) is 4.33. The van der Waals surface area contributed by atoms with Crippen molar-refractivity contribution in [3.63, 3.8) is 0 Å². The summed E-state index contributed by atoms with van der Waals surface area (Å²) >= 11 is 6.89. The van der Waals surface area contributed by atoms with Crippen LogP contribution < -0.4 is 0 Å². The molecule has 2 rings (SSSR count). The van der Waals surface area contributed by atoms with Gasteiger partial charge in [-0.1, -0.05) is 39.5 Å². The lowest BCUT2D eigenvalue weighted by atomic mass is 10.2. The average Bonchev–Trinajstić information content (AvgIpc) is 2.66. The highest BCUT2D eigenvalue weighted by atomic mass is 79.9. The highest BCUT2D eigenvalue weighted by molar-refractivity contribution is 9.10. The Balaban J connectivity index is 1.99. The van der Waals surface area contributed by atoms with Crippen LogP contribution in [0.4, 0.5) is 4.39 Å². The summed E-state index contributed by atoms with van der Waals surface area (Å²) in [4.78, 5) is 4.49. The molecule has 86 valence electrons. The van der Waals surface area contributed by atoms with Crippen molar-refractivity contribution in [1.29, 1.82) is 0 Å². The van der Waals surface area contributed by atoms with E-state index < -0.39 is 0 Å². The number of aliphatic imine (C=N–C) groups is 1. The first-order valence-corrected chi connectivity index (χ1v) is 7.69. The number of thioether (sulfide) groups is 2. The van der Waals surface area contributed by atoms with Crippen LogP contribution in [0.1, 0.15) is 12.5 Å². The first kappa shape index (κ1) is 12.5.